The maximum Gasteiger partial charge on any atom is 0.269 e. The molecule has 1 atom stereocenters. The van der Waals surface area contributed by atoms with Gasteiger partial charge in [0.2, 0.25) is 0 Å². The lowest BCUT2D eigenvalue weighted by Gasteiger charge is -2.27. The van der Waals surface area contributed by atoms with E-state index in [4.69, 9.17) is 0 Å². The Morgan fingerprint density at radius 1 is 1.25 bits per heavy atom. The van der Waals surface area contributed by atoms with Crippen LogP contribution in [-0.2, 0) is 6.42 Å². The average molecular weight is 278 g/mol. The van der Waals surface area contributed by atoms with Crippen LogP contribution in [0.2, 0.25) is 0 Å². The molecule has 1 aromatic carbocycles. The standard InChI is InChI=1S/C16H26N2O2/c1-5-10-17-14(12-16(2,3)4)11-13-6-8-15(9-7-13)18(19)20/h6-9,14,17H,5,10-12H2,1-4H3. The van der Waals surface area contributed by atoms with Crippen molar-refractivity contribution in [3.63, 3.8) is 0 Å². The smallest absolute Gasteiger partial charge is 0.269 e. The van der Waals surface area contributed by atoms with Gasteiger partial charge < -0.3 is 5.32 Å². The predicted molar refractivity (Wildman–Crippen MR) is 83.0 cm³/mol. The maximum absolute atomic E-state index is 10.7. The van der Waals surface area contributed by atoms with Gasteiger partial charge in [-0.25, -0.2) is 0 Å². The van der Waals surface area contributed by atoms with E-state index in [-0.39, 0.29) is 16.0 Å². The lowest BCUT2D eigenvalue weighted by atomic mass is 9.86. The number of nitrogens with zero attached hydrogens (tertiary/aromatic N) is 1. The van der Waals surface area contributed by atoms with Crippen molar-refractivity contribution in [2.45, 2.75) is 53.0 Å². The molecule has 0 aliphatic heterocycles. The zero-order valence-corrected chi connectivity index (χ0v) is 13.0. The fraction of sp³-hybridized carbons (Fsp3) is 0.625. The molecule has 4 nitrogen and oxygen atoms in total. The minimum absolute atomic E-state index is 0.155. The number of non-ortho nitro benzene ring substituents is 1. The van der Waals surface area contributed by atoms with Crippen LogP contribution in [0.5, 0.6) is 0 Å². The summed E-state index contributed by atoms with van der Waals surface area (Å²) in [6.07, 6.45) is 3.11. The summed E-state index contributed by atoms with van der Waals surface area (Å²) in [7, 11) is 0. The van der Waals surface area contributed by atoms with Crippen molar-refractivity contribution < 1.29 is 4.92 Å². The minimum atomic E-state index is -0.355. The Labute approximate surface area is 121 Å². The number of rotatable bonds is 7. The monoisotopic (exact) mass is 278 g/mol. The molecule has 1 N–H and O–H groups in total. The SMILES string of the molecule is CCCNC(Cc1ccc([N+](=O)[O-])cc1)CC(C)(C)C. The van der Waals surface area contributed by atoms with Crippen LogP contribution in [0.1, 0.15) is 46.1 Å². The van der Waals surface area contributed by atoms with E-state index < -0.39 is 0 Å². The summed E-state index contributed by atoms with van der Waals surface area (Å²) < 4.78 is 0. The van der Waals surface area contributed by atoms with Crippen molar-refractivity contribution >= 4 is 5.69 Å². The summed E-state index contributed by atoms with van der Waals surface area (Å²) >= 11 is 0. The van der Waals surface area contributed by atoms with E-state index in [0.717, 1.165) is 31.4 Å². The first-order valence-corrected chi connectivity index (χ1v) is 7.28. The first-order valence-electron chi connectivity index (χ1n) is 7.28. The van der Waals surface area contributed by atoms with E-state index in [1.54, 1.807) is 12.1 Å². The molecule has 0 amide bonds. The quantitative estimate of drug-likeness (QED) is 0.607. The van der Waals surface area contributed by atoms with Gasteiger partial charge in [-0.1, -0.05) is 39.8 Å². The number of hydrogen-bond acceptors (Lipinski definition) is 3. The second-order valence-corrected chi connectivity index (χ2v) is 6.54. The Kier molecular flexibility index (Phi) is 6.14. The molecule has 0 aromatic heterocycles. The van der Waals surface area contributed by atoms with Crippen LogP contribution >= 0.6 is 0 Å². The van der Waals surface area contributed by atoms with Crippen molar-refractivity contribution in [1.82, 2.24) is 5.32 Å². The highest BCUT2D eigenvalue weighted by Gasteiger charge is 2.18. The third-order valence-electron chi connectivity index (χ3n) is 3.17. The van der Waals surface area contributed by atoms with E-state index >= 15 is 0 Å². The Hall–Kier alpha value is -1.42. The van der Waals surface area contributed by atoms with Crippen LogP contribution in [0.15, 0.2) is 24.3 Å². The molecule has 0 heterocycles. The zero-order valence-electron chi connectivity index (χ0n) is 13.0. The van der Waals surface area contributed by atoms with Crippen molar-refractivity contribution in [1.29, 1.82) is 0 Å². The van der Waals surface area contributed by atoms with E-state index in [2.05, 4.69) is 33.0 Å². The molecular formula is C16H26N2O2. The van der Waals surface area contributed by atoms with Crippen molar-refractivity contribution in [3.8, 4) is 0 Å². The van der Waals surface area contributed by atoms with Crippen molar-refractivity contribution in [2.75, 3.05) is 6.54 Å². The number of nitro benzene ring substituents is 1. The first-order chi connectivity index (χ1) is 9.31. The molecule has 0 aliphatic rings. The largest absolute Gasteiger partial charge is 0.314 e. The first kappa shape index (κ1) is 16.6. The summed E-state index contributed by atoms with van der Waals surface area (Å²) in [5.74, 6) is 0. The van der Waals surface area contributed by atoms with Crippen molar-refractivity contribution in [2.24, 2.45) is 5.41 Å². The second kappa shape index (κ2) is 7.39. The van der Waals surface area contributed by atoms with Crippen LogP contribution in [0, 0.1) is 15.5 Å². The highest BCUT2D eigenvalue weighted by atomic mass is 16.6. The molecule has 0 aliphatic carbocycles. The molecule has 4 heteroatoms. The highest BCUT2D eigenvalue weighted by molar-refractivity contribution is 5.33. The third kappa shape index (κ3) is 6.15. The van der Waals surface area contributed by atoms with Crippen LogP contribution < -0.4 is 5.32 Å². The third-order valence-corrected chi connectivity index (χ3v) is 3.17. The molecule has 0 saturated heterocycles. The van der Waals surface area contributed by atoms with Gasteiger partial charge in [0.1, 0.15) is 0 Å². The second-order valence-electron chi connectivity index (χ2n) is 6.54. The summed E-state index contributed by atoms with van der Waals surface area (Å²) in [6, 6.07) is 7.31. The van der Waals surface area contributed by atoms with E-state index in [9.17, 15) is 10.1 Å². The number of hydrogen-bond donors (Lipinski definition) is 1. The van der Waals surface area contributed by atoms with Gasteiger partial charge in [0.05, 0.1) is 4.92 Å². The van der Waals surface area contributed by atoms with Gasteiger partial charge in [-0.15, -0.1) is 0 Å². The molecule has 20 heavy (non-hydrogen) atoms. The van der Waals surface area contributed by atoms with E-state index in [0.29, 0.717) is 6.04 Å². The maximum atomic E-state index is 10.7. The fourth-order valence-electron chi connectivity index (χ4n) is 2.34. The molecule has 0 radical (unpaired) electrons. The van der Waals surface area contributed by atoms with Crippen LogP contribution in [-0.4, -0.2) is 17.5 Å². The van der Waals surface area contributed by atoms with Gasteiger partial charge in [-0.2, -0.15) is 0 Å². The normalized spacial score (nSPS) is 13.2. The van der Waals surface area contributed by atoms with Gasteiger partial charge in [0.15, 0.2) is 0 Å². The number of nitro groups is 1. The Balaban J connectivity index is 2.70. The van der Waals surface area contributed by atoms with Crippen LogP contribution in [0.3, 0.4) is 0 Å². The number of nitrogens with one attached hydrogen (secondary N) is 1. The van der Waals surface area contributed by atoms with Crippen LogP contribution in [0.25, 0.3) is 0 Å². The molecule has 1 aromatic rings. The number of benzene rings is 1. The minimum Gasteiger partial charge on any atom is -0.314 e. The lowest BCUT2D eigenvalue weighted by Crippen LogP contribution is -2.35. The Morgan fingerprint density at radius 3 is 2.30 bits per heavy atom. The van der Waals surface area contributed by atoms with Gasteiger partial charge in [0, 0.05) is 18.2 Å². The van der Waals surface area contributed by atoms with Crippen molar-refractivity contribution in [3.05, 3.63) is 39.9 Å². The summed E-state index contributed by atoms with van der Waals surface area (Å²) in [6.45, 7) is 9.89. The fourth-order valence-corrected chi connectivity index (χ4v) is 2.34. The summed E-state index contributed by atoms with van der Waals surface area (Å²) in [5, 5.41) is 14.2. The van der Waals surface area contributed by atoms with Gasteiger partial charge in [-0.3, -0.25) is 10.1 Å². The molecule has 0 saturated carbocycles. The molecule has 1 unspecified atom stereocenters. The van der Waals surface area contributed by atoms with Gasteiger partial charge in [-0.05, 0) is 36.8 Å². The topological polar surface area (TPSA) is 55.2 Å². The Bertz CT molecular complexity index is 421. The Morgan fingerprint density at radius 2 is 1.85 bits per heavy atom. The van der Waals surface area contributed by atoms with E-state index in [1.807, 2.05) is 12.1 Å². The van der Waals surface area contributed by atoms with Gasteiger partial charge >= 0.3 is 0 Å². The predicted octanol–water partition coefficient (Wildman–Crippen LogP) is 3.94. The van der Waals surface area contributed by atoms with E-state index in [1.165, 1.54) is 0 Å². The van der Waals surface area contributed by atoms with Gasteiger partial charge in [0.25, 0.3) is 5.69 Å². The molecule has 1 rings (SSSR count). The van der Waals surface area contributed by atoms with Crippen LogP contribution in [0.4, 0.5) is 5.69 Å². The molecule has 0 bridgehead atoms. The summed E-state index contributed by atoms with van der Waals surface area (Å²) in [5.41, 5.74) is 1.57. The lowest BCUT2D eigenvalue weighted by molar-refractivity contribution is -0.384. The summed E-state index contributed by atoms with van der Waals surface area (Å²) in [4.78, 5) is 10.3. The molecular weight excluding hydrogens is 252 g/mol. The zero-order chi connectivity index (χ0) is 15.2. The highest BCUT2D eigenvalue weighted by Crippen LogP contribution is 2.23. The average Bonchev–Trinajstić information content (AvgIpc) is 2.35. The molecule has 112 valence electrons. The molecule has 0 fully saturated rings. The molecule has 0 spiro atoms.